The molecule has 3 rings (SSSR count). The molecule has 0 radical (unpaired) electrons. The van der Waals surface area contributed by atoms with Crippen LogP contribution in [0, 0.1) is 0 Å². The second kappa shape index (κ2) is 4.01. The van der Waals surface area contributed by atoms with Crippen molar-refractivity contribution in [2.75, 3.05) is 17.2 Å². The second-order valence-corrected chi connectivity index (χ2v) is 4.65. The highest BCUT2D eigenvalue weighted by atomic mass is 16.2. The lowest BCUT2D eigenvalue weighted by atomic mass is 10.1. The average Bonchev–Trinajstić information content (AvgIpc) is 2.72. The number of rotatable bonds is 1. The summed E-state index contributed by atoms with van der Waals surface area (Å²) in [4.78, 5) is 24.5. The van der Waals surface area contributed by atoms with Gasteiger partial charge in [0.1, 0.15) is 0 Å². The van der Waals surface area contributed by atoms with Crippen LogP contribution in [0.2, 0.25) is 0 Å². The molecule has 0 saturated carbocycles. The van der Waals surface area contributed by atoms with Crippen molar-refractivity contribution in [1.82, 2.24) is 9.88 Å². The van der Waals surface area contributed by atoms with Crippen LogP contribution in [0.1, 0.15) is 6.42 Å². The number of nitrogens with one attached hydrogen (secondary N) is 1. The van der Waals surface area contributed by atoms with Crippen LogP contribution in [0.4, 0.5) is 16.2 Å². The molecule has 2 heterocycles. The Labute approximate surface area is 109 Å². The molecule has 6 heteroatoms. The standard InChI is InChI=1S/C13H14N4O2/c1-16-4-2-9-10(14)6-8(7-11(9)16)17-5-3-12(18)15-13(17)19/h2,4,6-7H,3,5,14H2,1H3,(H,15,18,19). The van der Waals surface area contributed by atoms with E-state index in [0.29, 0.717) is 24.3 Å². The molecule has 0 bridgehead atoms. The summed E-state index contributed by atoms with van der Waals surface area (Å²) in [7, 11) is 1.92. The summed E-state index contributed by atoms with van der Waals surface area (Å²) < 4.78 is 1.95. The van der Waals surface area contributed by atoms with Crippen LogP contribution in [-0.4, -0.2) is 23.1 Å². The van der Waals surface area contributed by atoms with Crippen molar-refractivity contribution in [3.63, 3.8) is 0 Å². The first-order chi connectivity index (χ1) is 9.06. The SMILES string of the molecule is Cn1ccc2c(N)cc(N3CCC(=O)NC3=O)cc21. The molecule has 1 aromatic carbocycles. The van der Waals surface area contributed by atoms with E-state index in [0.717, 1.165) is 10.9 Å². The van der Waals surface area contributed by atoms with Gasteiger partial charge in [0.05, 0.1) is 5.52 Å². The van der Waals surface area contributed by atoms with Crippen LogP contribution in [0.25, 0.3) is 10.9 Å². The molecule has 1 saturated heterocycles. The van der Waals surface area contributed by atoms with E-state index in [2.05, 4.69) is 5.32 Å². The fourth-order valence-electron chi connectivity index (χ4n) is 2.35. The summed E-state index contributed by atoms with van der Waals surface area (Å²) in [6, 6.07) is 5.21. The Hall–Kier alpha value is -2.50. The third kappa shape index (κ3) is 1.81. The monoisotopic (exact) mass is 258 g/mol. The van der Waals surface area contributed by atoms with Crippen LogP contribution < -0.4 is 16.0 Å². The summed E-state index contributed by atoms with van der Waals surface area (Å²) in [6.45, 7) is 0.375. The number of imide groups is 1. The van der Waals surface area contributed by atoms with Crippen molar-refractivity contribution in [1.29, 1.82) is 0 Å². The number of nitrogens with zero attached hydrogens (tertiary/aromatic N) is 2. The first-order valence-corrected chi connectivity index (χ1v) is 6.02. The number of hydrogen-bond donors (Lipinski definition) is 2. The molecule has 1 aliphatic heterocycles. The maximum Gasteiger partial charge on any atom is 0.328 e. The van der Waals surface area contributed by atoms with Crippen molar-refractivity contribution in [2.45, 2.75) is 6.42 Å². The van der Waals surface area contributed by atoms with Crippen molar-refractivity contribution in [3.8, 4) is 0 Å². The summed E-state index contributed by atoms with van der Waals surface area (Å²) in [5, 5.41) is 3.26. The lowest BCUT2D eigenvalue weighted by molar-refractivity contribution is -0.120. The van der Waals surface area contributed by atoms with Gasteiger partial charge >= 0.3 is 6.03 Å². The van der Waals surface area contributed by atoms with Crippen molar-refractivity contribution in [2.24, 2.45) is 7.05 Å². The lowest BCUT2D eigenvalue weighted by Gasteiger charge is -2.27. The molecule has 98 valence electrons. The zero-order chi connectivity index (χ0) is 13.6. The van der Waals surface area contributed by atoms with Crippen molar-refractivity contribution >= 4 is 34.2 Å². The third-order valence-electron chi connectivity index (χ3n) is 3.39. The highest BCUT2D eigenvalue weighted by Gasteiger charge is 2.24. The molecule has 1 fully saturated rings. The Bertz CT molecular complexity index is 689. The van der Waals surface area contributed by atoms with Crippen LogP contribution in [0.5, 0.6) is 0 Å². The smallest absolute Gasteiger partial charge is 0.328 e. The molecule has 1 aliphatic rings. The molecule has 1 aromatic heterocycles. The molecule has 0 atom stereocenters. The minimum atomic E-state index is -0.399. The fraction of sp³-hybridized carbons (Fsp3) is 0.231. The minimum Gasteiger partial charge on any atom is -0.398 e. The number of carbonyl (C=O) groups excluding carboxylic acids is 2. The Kier molecular flexibility index (Phi) is 2.45. The molecule has 0 unspecified atom stereocenters. The van der Waals surface area contributed by atoms with Crippen LogP contribution >= 0.6 is 0 Å². The second-order valence-electron chi connectivity index (χ2n) is 4.65. The van der Waals surface area contributed by atoms with E-state index in [4.69, 9.17) is 5.73 Å². The van der Waals surface area contributed by atoms with Gasteiger partial charge in [-0.3, -0.25) is 15.0 Å². The topological polar surface area (TPSA) is 80.4 Å². The predicted octanol–water partition coefficient (Wildman–Crippen LogP) is 1.21. The molecular formula is C13H14N4O2. The average molecular weight is 258 g/mol. The molecule has 19 heavy (non-hydrogen) atoms. The van der Waals surface area contributed by atoms with E-state index >= 15 is 0 Å². The number of benzene rings is 1. The Morgan fingerprint density at radius 3 is 2.84 bits per heavy atom. The number of amides is 3. The van der Waals surface area contributed by atoms with E-state index < -0.39 is 6.03 Å². The van der Waals surface area contributed by atoms with E-state index in [9.17, 15) is 9.59 Å². The molecule has 2 aromatic rings. The third-order valence-corrected chi connectivity index (χ3v) is 3.39. The van der Waals surface area contributed by atoms with Gasteiger partial charge in [0.15, 0.2) is 0 Å². The Morgan fingerprint density at radius 1 is 1.32 bits per heavy atom. The summed E-state index contributed by atoms with van der Waals surface area (Å²) in [5.74, 6) is -0.242. The zero-order valence-corrected chi connectivity index (χ0v) is 10.5. The molecule has 3 amide bonds. The molecule has 3 N–H and O–H groups in total. The first-order valence-electron chi connectivity index (χ1n) is 6.02. The van der Waals surface area contributed by atoms with Gasteiger partial charge in [0.2, 0.25) is 5.91 Å². The van der Waals surface area contributed by atoms with Gasteiger partial charge in [-0.05, 0) is 18.2 Å². The zero-order valence-electron chi connectivity index (χ0n) is 10.5. The van der Waals surface area contributed by atoms with Crippen LogP contribution in [-0.2, 0) is 11.8 Å². The van der Waals surface area contributed by atoms with Gasteiger partial charge in [-0.1, -0.05) is 0 Å². The quantitative estimate of drug-likeness (QED) is 0.754. The van der Waals surface area contributed by atoms with Gasteiger partial charge in [0, 0.05) is 43.0 Å². The number of aryl methyl sites for hydroxylation is 1. The van der Waals surface area contributed by atoms with Gasteiger partial charge in [-0.15, -0.1) is 0 Å². The van der Waals surface area contributed by atoms with E-state index in [1.54, 1.807) is 6.07 Å². The number of urea groups is 1. The van der Waals surface area contributed by atoms with E-state index in [1.807, 2.05) is 29.9 Å². The van der Waals surface area contributed by atoms with Crippen LogP contribution in [0.3, 0.4) is 0 Å². The number of anilines is 2. The molecule has 0 aliphatic carbocycles. The largest absolute Gasteiger partial charge is 0.398 e. The highest BCUT2D eigenvalue weighted by Crippen LogP contribution is 2.29. The van der Waals surface area contributed by atoms with Gasteiger partial charge in [-0.2, -0.15) is 0 Å². The Morgan fingerprint density at radius 2 is 2.11 bits per heavy atom. The minimum absolute atomic E-state index is 0.242. The molecule has 0 spiro atoms. The highest BCUT2D eigenvalue weighted by molar-refractivity contribution is 6.07. The van der Waals surface area contributed by atoms with Crippen LogP contribution in [0.15, 0.2) is 24.4 Å². The van der Waals surface area contributed by atoms with Gasteiger partial charge in [-0.25, -0.2) is 4.79 Å². The summed E-state index contributed by atoms with van der Waals surface area (Å²) >= 11 is 0. The molecular weight excluding hydrogens is 244 g/mol. The van der Waals surface area contributed by atoms with Crippen molar-refractivity contribution < 1.29 is 9.59 Å². The first kappa shape index (κ1) is 11.6. The number of fused-ring (bicyclic) bond motifs is 1. The summed E-state index contributed by atoms with van der Waals surface area (Å²) in [5.41, 5.74) is 8.30. The maximum absolute atomic E-state index is 11.8. The van der Waals surface area contributed by atoms with Crippen molar-refractivity contribution in [3.05, 3.63) is 24.4 Å². The maximum atomic E-state index is 11.8. The lowest BCUT2D eigenvalue weighted by Crippen LogP contribution is -2.49. The Balaban J connectivity index is 2.07. The summed E-state index contributed by atoms with van der Waals surface area (Å²) in [6.07, 6.45) is 2.22. The predicted molar refractivity (Wildman–Crippen MR) is 72.8 cm³/mol. The van der Waals surface area contributed by atoms with E-state index in [1.165, 1.54) is 4.90 Å². The fourth-order valence-corrected chi connectivity index (χ4v) is 2.35. The number of aromatic nitrogens is 1. The van der Waals surface area contributed by atoms with Gasteiger partial charge in [0.25, 0.3) is 0 Å². The normalized spacial score (nSPS) is 15.9. The number of carbonyl (C=O) groups is 2. The number of nitrogens with two attached hydrogens (primary N) is 1. The van der Waals surface area contributed by atoms with Gasteiger partial charge < -0.3 is 10.3 Å². The van der Waals surface area contributed by atoms with E-state index in [-0.39, 0.29) is 5.91 Å². The molecule has 6 nitrogen and oxygen atoms in total. The number of nitrogen functional groups attached to an aromatic ring is 1. The number of hydrogen-bond acceptors (Lipinski definition) is 3.